The lowest BCUT2D eigenvalue weighted by atomic mass is 10.0. The van der Waals surface area contributed by atoms with Crippen LogP contribution >= 0.6 is 22.6 Å². The Morgan fingerprint density at radius 3 is 2.56 bits per heavy atom. The van der Waals surface area contributed by atoms with Crippen LogP contribution in [0.1, 0.15) is 30.6 Å². The Morgan fingerprint density at radius 1 is 1.39 bits per heavy atom. The molecule has 98 valence electrons. The zero-order valence-corrected chi connectivity index (χ0v) is 12.5. The van der Waals surface area contributed by atoms with Gasteiger partial charge in [0.1, 0.15) is 6.04 Å². The van der Waals surface area contributed by atoms with Crippen molar-refractivity contribution in [3.05, 3.63) is 33.4 Å². The van der Waals surface area contributed by atoms with E-state index in [4.69, 9.17) is 5.11 Å². The average molecular weight is 361 g/mol. The second kappa shape index (κ2) is 6.72. The first-order valence-electron chi connectivity index (χ1n) is 5.69. The summed E-state index contributed by atoms with van der Waals surface area (Å²) in [6.45, 7) is 3.85. The fraction of sp³-hybridized carbons (Fsp3) is 0.385. The van der Waals surface area contributed by atoms with Crippen LogP contribution in [0, 0.1) is 9.49 Å². The van der Waals surface area contributed by atoms with Crippen LogP contribution in [0.3, 0.4) is 0 Å². The first-order chi connectivity index (χ1) is 8.40. The lowest BCUT2D eigenvalue weighted by molar-refractivity contribution is -0.139. The Kier molecular flexibility index (Phi) is 5.58. The van der Waals surface area contributed by atoms with E-state index in [2.05, 4.69) is 27.9 Å². The van der Waals surface area contributed by atoms with Gasteiger partial charge in [-0.3, -0.25) is 4.79 Å². The summed E-state index contributed by atoms with van der Waals surface area (Å²) in [6, 6.07) is 6.21. The standard InChI is InChI=1S/C13H16INO3/c1-8(2)6-11(13(17)18)15-12(16)9-4-3-5-10(14)7-9/h3-5,7-8,11H,6H2,1-2H3,(H,15,16)(H,17,18)/t11-/m1/s1. The van der Waals surface area contributed by atoms with Gasteiger partial charge in [0.05, 0.1) is 0 Å². The largest absolute Gasteiger partial charge is 0.480 e. The van der Waals surface area contributed by atoms with Crippen LogP contribution < -0.4 is 5.32 Å². The predicted octanol–water partition coefficient (Wildman–Crippen LogP) is 2.52. The predicted molar refractivity (Wildman–Crippen MR) is 77.5 cm³/mol. The number of hydrogen-bond donors (Lipinski definition) is 2. The minimum atomic E-state index is -0.998. The number of amides is 1. The number of carbonyl (C=O) groups is 2. The Bertz CT molecular complexity index is 446. The van der Waals surface area contributed by atoms with Crippen molar-refractivity contribution in [1.82, 2.24) is 5.32 Å². The monoisotopic (exact) mass is 361 g/mol. The first kappa shape index (κ1) is 14.9. The topological polar surface area (TPSA) is 66.4 Å². The van der Waals surface area contributed by atoms with Gasteiger partial charge in [0.15, 0.2) is 0 Å². The number of carboxylic acids is 1. The molecule has 1 rings (SSSR count). The van der Waals surface area contributed by atoms with Gasteiger partial charge in [-0.2, -0.15) is 0 Å². The number of carboxylic acid groups (broad SMARTS) is 1. The number of carbonyl (C=O) groups excluding carboxylic acids is 1. The maximum atomic E-state index is 11.9. The molecule has 0 saturated heterocycles. The van der Waals surface area contributed by atoms with E-state index in [1.807, 2.05) is 19.9 Å². The van der Waals surface area contributed by atoms with E-state index < -0.39 is 12.0 Å². The zero-order valence-electron chi connectivity index (χ0n) is 10.3. The Labute approximate surface area is 120 Å². The van der Waals surface area contributed by atoms with Crippen molar-refractivity contribution in [3.8, 4) is 0 Å². The van der Waals surface area contributed by atoms with Gasteiger partial charge in [-0.15, -0.1) is 0 Å². The molecule has 0 saturated carbocycles. The van der Waals surface area contributed by atoms with Crippen LogP contribution in [0.4, 0.5) is 0 Å². The molecule has 0 aromatic heterocycles. The molecule has 1 amide bonds. The molecule has 0 fully saturated rings. The fourth-order valence-electron chi connectivity index (χ4n) is 1.56. The zero-order chi connectivity index (χ0) is 13.7. The Hall–Kier alpha value is -1.11. The fourth-order valence-corrected chi connectivity index (χ4v) is 2.11. The van der Waals surface area contributed by atoms with Gasteiger partial charge in [0.2, 0.25) is 0 Å². The molecule has 0 radical (unpaired) electrons. The summed E-state index contributed by atoms with van der Waals surface area (Å²) in [5, 5.41) is 11.6. The van der Waals surface area contributed by atoms with E-state index in [0.717, 1.165) is 3.57 Å². The molecule has 0 spiro atoms. The molecule has 18 heavy (non-hydrogen) atoms. The molecule has 0 aliphatic rings. The number of aliphatic carboxylic acids is 1. The van der Waals surface area contributed by atoms with E-state index in [1.54, 1.807) is 18.2 Å². The van der Waals surface area contributed by atoms with Crippen molar-refractivity contribution in [1.29, 1.82) is 0 Å². The van der Waals surface area contributed by atoms with E-state index in [1.165, 1.54) is 0 Å². The summed E-state index contributed by atoms with van der Waals surface area (Å²) in [6.07, 6.45) is 0.422. The average Bonchev–Trinajstić information content (AvgIpc) is 2.27. The van der Waals surface area contributed by atoms with Crippen molar-refractivity contribution < 1.29 is 14.7 Å². The van der Waals surface area contributed by atoms with Crippen molar-refractivity contribution in [3.63, 3.8) is 0 Å². The van der Waals surface area contributed by atoms with Crippen LogP contribution in [-0.2, 0) is 4.79 Å². The summed E-state index contributed by atoms with van der Waals surface area (Å²) in [7, 11) is 0. The second-order valence-corrected chi connectivity index (χ2v) is 5.75. The van der Waals surface area contributed by atoms with Crippen LogP contribution in [0.2, 0.25) is 0 Å². The summed E-state index contributed by atoms with van der Waals surface area (Å²) in [4.78, 5) is 23.0. The maximum Gasteiger partial charge on any atom is 0.326 e. The van der Waals surface area contributed by atoms with Gasteiger partial charge in [0.25, 0.3) is 5.91 Å². The SMILES string of the molecule is CC(C)C[C@@H](NC(=O)c1cccc(I)c1)C(=O)O. The summed E-state index contributed by atoms with van der Waals surface area (Å²) < 4.78 is 0.941. The van der Waals surface area contributed by atoms with E-state index in [9.17, 15) is 9.59 Å². The van der Waals surface area contributed by atoms with Crippen LogP contribution in [0.25, 0.3) is 0 Å². The van der Waals surface area contributed by atoms with Gasteiger partial charge in [-0.1, -0.05) is 19.9 Å². The smallest absolute Gasteiger partial charge is 0.326 e. The molecule has 4 nitrogen and oxygen atoms in total. The highest BCUT2D eigenvalue weighted by atomic mass is 127. The van der Waals surface area contributed by atoms with Gasteiger partial charge in [0, 0.05) is 9.13 Å². The van der Waals surface area contributed by atoms with E-state index in [-0.39, 0.29) is 11.8 Å². The van der Waals surface area contributed by atoms with Crippen molar-refractivity contribution in [2.24, 2.45) is 5.92 Å². The molecular formula is C13H16INO3. The van der Waals surface area contributed by atoms with Gasteiger partial charge in [-0.25, -0.2) is 4.79 Å². The lowest BCUT2D eigenvalue weighted by Crippen LogP contribution is -2.41. The van der Waals surface area contributed by atoms with Crippen molar-refractivity contribution in [2.75, 3.05) is 0 Å². The molecule has 0 aliphatic heterocycles. The lowest BCUT2D eigenvalue weighted by Gasteiger charge is -2.16. The van der Waals surface area contributed by atoms with Gasteiger partial charge in [-0.05, 0) is 53.1 Å². The minimum Gasteiger partial charge on any atom is -0.480 e. The summed E-state index contributed by atoms with van der Waals surface area (Å²) in [5.74, 6) is -1.13. The van der Waals surface area contributed by atoms with Gasteiger partial charge >= 0.3 is 5.97 Å². The first-order valence-corrected chi connectivity index (χ1v) is 6.77. The van der Waals surface area contributed by atoms with Crippen molar-refractivity contribution in [2.45, 2.75) is 26.3 Å². The minimum absolute atomic E-state index is 0.210. The molecule has 1 atom stereocenters. The van der Waals surface area contributed by atoms with Crippen LogP contribution in [-0.4, -0.2) is 23.0 Å². The van der Waals surface area contributed by atoms with Crippen molar-refractivity contribution >= 4 is 34.5 Å². The quantitative estimate of drug-likeness (QED) is 0.793. The normalized spacial score (nSPS) is 12.2. The third-order valence-electron chi connectivity index (χ3n) is 2.40. The second-order valence-electron chi connectivity index (χ2n) is 4.50. The van der Waals surface area contributed by atoms with Crippen LogP contribution in [0.15, 0.2) is 24.3 Å². The summed E-state index contributed by atoms with van der Waals surface area (Å²) >= 11 is 2.11. The molecule has 0 heterocycles. The van der Waals surface area contributed by atoms with E-state index >= 15 is 0 Å². The number of nitrogens with one attached hydrogen (secondary N) is 1. The highest BCUT2D eigenvalue weighted by Gasteiger charge is 2.21. The number of hydrogen-bond acceptors (Lipinski definition) is 2. The molecule has 1 aromatic rings. The maximum absolute atomic E-state index is 11.9. The Balaban J connectivity index is 2.75. The molecular weight excluding hydrogens is 345 g/mol. The molecule has 1 aromatic carbocycles. The summed E-state index contributed by atoms with van der Waals surface area (Å²) in [5.41, 5.74) is 0.483. The van der Waals surface area contributed by atoms with E-state index in [0.29, 0.717) is 12.0 Å². The van der Waals surface area contributed by atoms with Crippen LogP contribution in [0.5, 0.6) is 0 Å². The van der Waals surface area contributed by atoms with Gasteiger partial charge < -0.3 is 10.4 Å². The third kappa shape index (κ3) is 4.64. The molecule has 0 bridgehead atoms. The Morgan fingerprint density at radius 2 is 2.06 bits per heavy atom. The third-order valence-corrected chi connectivity index (χ3v) is 3.07. The number of halogens is 1. The number of rotatable bonds is 5. The molecule has 2 N–H and O–H groups in total. The molecule has 0 unspecified atom stereocenters. The highest BCUT2D eigenvalue weighted by molar-refractivity contribution is 14.1. The highest BCUT2D eigenvalue weighted by Crippen LogP contribution is 2.10. The molecule has 5 heteroatoms. The molecule has 0 aliphatic carbocycles. The number of benzene rings is 1.